The lowest BCUT2D eigenvalue weighted by molar-refractivity contribution is -0.124. The second kappa shape index (κ2) is 7.33. The summed E-state index contributed by atoms with van der Waals surface area (Å²) in [4.78, 5) is 25.2. The number of carbonyl (C=O) groups excluding carboxylic acids is 2. The molecule has 0 saturated carbocycles. The third-order valence-electron chi connectivity index (χ3n) is 3.31. The zero-order valence-electron chi connectivity index (χ0n) is 11.5. The molecule has 1 heterocycles. The van der Waals surface area contributed by atoms with Crippen LogP contribution < -0.4 is 16.0 Å². The Morgan fingerprint density at radius 2 is 2.17 bits per heavy atom. The lowest BCUT2D eigenvalue weighted by Gasteiger charge is -2.23. The highest BCUT2D eigenvalue weighted by molar-refractivity contribution is 5.96. The van der Waals surface area contributed by atoms with Crippen LogP contribution in [0.15, 0.2) is 0 Å². The minimum Gasteiger partial charge on any atom is -0.338 e. The maximum absolute atomic E-state index is 11.9. The third-order valence-corrected chi connectivity index (χ3v) is 3.31. The summed E-state index contributed by atoms with van der Waals surface area (Å²) < 4.78 is 0. The van der Waals surface area contributed by atoms with Gasteiger partial charge >= 0.3 is 6.03 Å². The van der Waals surface area contributed by atoms with Crippen molar-refractivity contribution in [3.63, 3.8) is 0 Å². The minimum atomic E-state index is -0.416. The predicted octanol–water partition coefficient (Wildman–Crippen LogP) is -0.238. The van der Waals surface area contributed by atoms with E-state index >= 15 is 0 Å². The maximum atomic E-state index is 11.9. The topological polar surface area (TPSA) is 73.5 Å². The number of rotatable bonds is 5. The molecule has 3 amide bonds. The summed E-state index contributed by atoms with van der Waals surface area (Å²) in [6.07, 6.45) is 1.10. The van der Waals surface area contributed by atoms with Gasteiger partial charge in [0.1, 0.15) is 0 Å². The molecule has 1 fully saturated rings. The van der Waals surface area contributed by atoms with E-state index in [2.05, 4.69) is 20.9 Å². The number of amides is 3. The lowest BCUT2D eigenvalue weighted by Crippen LogP contribution is -2.49. The summed E-state index contributed by atoms with van der Waals surface area (Å²) in [5.74, 6) is 0.362. The minimum absolute atomic E-state index is 0.231. The van der Waals surface area contributed by atoms with Gasteiger partial charge in [0.2, 0.25) is 5.91 Å². The second-order valence-corrected chi connectivity index (χ2v) is 4.73. The second-order valence-electron chi connectivity index (χ2n) is 4.73. The molecule has 0 radical (unpaired) electrons. The molecule has 0 aromatic heterocycles. The van der Waals surface area contributed by atoms with Crippen LogP contribution in [0.4, 0.5) is 4.79 Å². The van der Waals surface area contributed by atoms with Crippen LogP contribution >= 0.6 is 0 Å². The van der Waals surface area contributed by atoms with E-state index in [1.54, 1.807) is 0 Å². The van der Waals surface area contributed by atoms with Gasteiger partial charge in [-0.3, -0.25) is 15.0 Å². The zero-order valence-corrected chi connectivity index (χ0v) is 11.5. The average Bonchev–Trinajstić information content (AvgIpc) is 2.77. The van der Waals surface area contributed by atoms with E-state index < -0.39 is 6.03 Å². The smallest absolute Gasteiger partial charge is 0.321 e. The fraction of sp³-hybridized carbons (Fsp3) is 0.833. The summed E-state index contributed by atoms with van der Waals surface area (Å²) in [5.41, 5.74) is 0. The van der Waals surface area contributed by atoms with Crippen molar-refractivity contribution >= 4 is 11.9 Å². The number of urea groups is 1. The number of carbonyl (C=O) groups is 2. The molecular weight excluding hydrogens is 232 g/mol. The predicted molar refractivity (Wildman–Crippen MR) is 70.3 cm³/mol. The fourth-order valence-electron chi connectivity index (χ4n) is 2.26. The van der Waals surface area contributed by atoms with Crippen molar-refractivity contribution in [3.05, 3.63) is 0 Å². The Balaban J connectivity index is 2.38. The maximum Gasteiger partial charge on any atom is 0.321 e. The van der Waals surface area contributed by atoms with Gasteiger partial charge in [0, 0.05) is 13.1 Å². The van der Waals surface area contributed by atoms with Crippen LogP contribution in [0.3, 0.4) is 0 Å². The van der Waals surface area contributed by atoms with Gasteiger partial charge in [-0.2, -0.15) is 0 Å². The molecule has 104 valence electrons. The van der Waals surface area contributed by atoms with Crippen molar-refractivity contribution < 1.29 is 9.59 Å². The molecule has 0 bridgehead atoms. The molecule has 3 N–H and O–H groups in total. The highest BCUT2D eigenvalue weighted by Crippen LogP contribution is 2.17. The quantitative estimate of drug-likeness (QED) is 0.635. The average molecular weight is 256 g/mol. The Morgan fingerprint density at radius 1 is 1.44 bits per heavy atom. The van der Waals surface area contributed by atoms with E-state index in [0.717, 1.165) is 26.1 Å². The Hall–Kier alpha value is -1.14. The Kier molecular flexibility index (Phi) is 6.07. The van der Waals surface area contributed by atoms with E-state index in [1.165, 1.54) is 0 Å². The van der Waals surface area contributed by atoms with Crippen molar-refractivity contribution in [1.29, 1.82) is 0 Å². The highest BCUT2D eigenvalue weighted by atomic mass is 16.2. The summed E-state index contributed by atoms with van der Waals surface area (Å²) in [6, 6.07) is -0.671. The fourth-order valence-corrected chi connectivity index (χ4v) is 2.26. The van der Waals surface area contributed by atoms with Crippen molar-refractivity contribution in [2.24, 2.45) is 5.92 Å². The van der Waals surface area contributed by atoms with Gasteiger partial charge in [-0.1, -0.05) is 0 Å². The Morgan fingerprint density at radius 3 is 2.78 bits per heavy atom. The van der Waals surface area contributed by atoms with Gasteiger partial charge in [-0.25, -0.2) is 4.79 Å². The standard InChI is InChI=1S/C12H24N4O2/c1-4-14-12(18)15-11(17)9(2)16-6-5-10(8-16)7-13-3/h9-10,13H,4-8H2,1-3H3,(H2,14,15,17,18). The summed E-state index contributed by atoms with van der Waals surface area (Å²) in [6.45, 7) is 6.97. The third kappa shape index (κ3) is 4.27. The molecule has 0 aromatic rings. The molecule has 2 unspecified atom stereocenters. The van der Waals surface area contributed by atoms with Crippen molar-refractivity contribution in [2.75, 3.05) is 33.2 Å². The van der Waals surface area contributed by atoms with Crippen LogP contribution in [-0.2, 0) is 4.79 Å². The first kappa shape index (κ1) is 14.9. The molecule has 6 heteroatoms. The molecule has 1 rings (SSSR count). The van der Waals surface area contributed by atoms with Crippen LogP contribution in [0.5, 0.6) is 0 Å². The van der Waals surface area contributed by atoms with Gasteiger partial charge in [-0.15, -0.1) is 0 Å². The van der Waals surface area contributed by atoms with Crippen molar-refractivity contribution in [3.8, 4) is 0 Å². The number of nitrogens with one attached hydrogen (secondary N) is 3. The number of hydrogen-bond acceptors (Lipinski definition) is 4. The SMILES string of the molecule is CCNC(=O)NC(=O)C(C)N1CCC(CNC)C1. The first-order valence-corrected chi connectivity index (χ1v) is 6.55. The van der Waals surface area contributed by atoms with Gasteiger partial charge in [0.15, 0.2) is 0 Å². The van der Waals surface area contributed by atoms with Crippen molar-refractivity contribution in [1.82, 2.24) is 20.9 Å². The largest absolute Gasteiger partial charge is 0.338 e. The van der Waals surface area contributed by atoms with E-state index in [1.807, 2.05) is 20.9 Å². The molecular formula is C12H24N4O2. The monoisotopic (exact) mass is 256 g/mol. The normalized spacial score (nSPS) is 21.6. The van der Waals surface area contributed by atoms with Crippen LogP contribution in [0.2, 0.25) is 0 Å². The summed E-state index contributed by atoms with van der Waals surface area (Å²) >= 11 is 0. The summed E-state index contributed by atoms with van der Waals surface area (Å²) in [5, 5.41) is 8.07. The number of hydrogen-bond donors (Lipinski definition) is 3. The molecule has 0 spiro atoms. The molecule has 1 aliphatic rings. The highest BCUT2D eigenvalue weighted by Gasteiger charge is 2.29. The number of imide groups is 1. The first-order valence-electron chi connectivity index (χ1n) is 6.55. The van der Waals surface area contributed by atoms with E-state index in [0.29, 0.717) is 12.5 Å². The zero-order chi connectivity index (χ0) is 13.5. The number of likely N-dealkylation sites (tertiary alicyclic amines) is 1. The van der Waals surface area contributed by atoms with E-state index in [9.17, 15) is 9.59 Å². The van der Waals surface area contributed by atoms with Crippen molar-refractivity contribution in [2.45, 2.75) is 26.3 Å². The molecule has 6 nitrogen and oxygen atoms in total. The summed E-state index contributed by atoms with van der Waals surface area (Å²) in [7, 11) is 1.94. The van der Waals surface area contributed by atoms with Crippen LogP contribution in [0, 0.1) is 5.92 Å². The molecule has 2 atom stereocenters. The molecule has 0 aromatic carbocycles. The molecule has 0 aliphatic carbocycles. The number of nitrogens with zero attached hydrogens (tertiary/aromatic N) is 1. The van der Waals surface area contributed by atoms with Gasteiger partial charge in [0.05, 0.1) is 6.04 Å². The van der Waals surface area contributed by atoms with Crippen LogP contribution in [0.1, 0.15) is 20.3 Å². The Bertz CT molecular complexity index is 296. The van der Waals surface area contributed by atoms with Gasteiger partial charge in [-0.05, 0) is 46.3 Å². The molecule has 1 aliphatic heterocycles. The van der Waals surface area contributed by atoms with Gasteiger partial charge < -0.3 is 10.6 Å². The van der Waals surface area contributed by atoms with Crippen LogP contribution in [-0.4, -0.2) is 56.1 Å². The van der Waals surface area contributed by atoms with Gasteiger partial charge in [0.25, 0.3) is 0 Å². The van der Waals surface area contributed by atoms with E-state index in [-0.39, 0.29) is 11.9 Å². The Labute approximate surface area is 108 Å². The van der Waals surface area contributed by atoms with Crippen LogP contribution in [0.25, 0.3) is 0 Å². The molecule has 18 heavy (non-hydrogen) atoms. The molecule has 1 saturated heterocycles. The lowest BCUT2D eigenvalue weighted by atomic mass is 10.1. The van der Waals surface area contributed by atoms with E-state index in [4.69, 9.17) is 0 Å². The first-order chi connectivity index (χ1) is 8.58.